The zero-order valence-corrected chi connectivity index (χ0v) is 15.8. The predicted octanol–water partition coefficient (Wildman–Crippen LogP) is 2.68. The van der Waals surface area contributed by atoms with E-state index in [0.717, 1.165) is 37.6 Å². The summed E-state index contributed by atoms with van der Waals surface area (Å²) in [5.74, 6) is 1.59. The zero-order valence-electron chi connectivity index (χ0n) is 15.8. The van der Waals surface area contributed by atoms with Gasteiger partial charge >= 0.3 is 6.18 Å². The molecule has 0 saturated carbocycles. The first-order valence-electron chi connectivity index (χ1n) is 8.67. The SMILES string of the molecule is CN=C(NCc1ccc(OCC(F)(F)F)c(OC)c1)N1CCC(COC)C1. The van der Waals surface area contributed by atoms with E-state index in [1.807, 2.05) is 0 Å². The van der Waals surface area contributed by atoms with Gasteiger partial charge in [0.05, 0.1) is 13.7 Å². The fourth-order valence-corrected chi connectivity index (χ4v) is 3.01. The van der Waals surface area contributed by atoms with Crippen LogP contribution in [0.15, 0.2) is 23.2 Å². The third-order valence-corrected chi connectivity index (χ3v) is 4.27. The Hall–Kier alpha value is -2.16. The Morgan fingerprint density at radius 3 is 2.70 bits per heavy atom. The Morgan fingerprint density at radius 1 is 1.30 bits per heavy atom. The zero-order chi connectivity index (χ0) is 19.9. The van der Waals surface area contributed by atoms with Gasteiger partial charge < -0.3 is 24.4 Å². The summed E-state index contributed by atoms with van der Waals surface area (Å²) in [4.78, 5) is 6.47. The van der Waals surface area contributed by atoms with Gasteiger partial charge in [0.2, 0.25) is 0 Å². The number of benzene rings is 1. The second-order valence-electron chi connectivity index (χ2n) is 6.35. The number of likely N-dealkylation sites (tertiary alicyclic amines) is 1. The van der Waals surface area contributed by atoms with Gasteiger partial charge in [-0.25, -0.2) is 0 Å². The van der Waals surface area contributed by atoms with E-state index in [0.29, 0.717) is 12.5 Å². The molecule has 1 aromatic rings. The highest BCUT2D eigenvalue weighted by molar-refractivity contribution is 5.80. The molecule has 9 heteroatoms. The molecule has 0 aliphatic carbocycles. The minimum atomic E-state index is -4.39. The summed E-state index contributed by atoms with van der Waals surface area (Å²) in [6.45, 7) is 1.62. The number of ether oxygens (including phenoxy) is 3. The Bertz CT molecular complexity index is 638. The highest BCUT2D eigenvalue weighted by atomic mass is 19.4. The molecule has 1 unspecified atom stereocenters. The van der Waals surface area contributed by atoms with E-state index in [-0.39, 0.29) is 11.5 Å². The quantitative estimate of drug-likeness (QED) is 0.574. The van der Waals surface area contributed by atoms with E-state index in [9.17, 15) is 13.2 Å². The molecule has 1 aliphatic rings. The van der Waals surface area contributed by atoms with E-state index < -0.39 is 12.8 Å². The molecule has 0 aromatic heterocycles. The average molecular weight is 389 g/mol. The molecular formula is C18H26F3N3O3. The van der Waals surface area contributed by atoms with Gasteiger partial charge in [-0.3, -0.25) is 4.99 Å². The molecule has 1 atom stereocenters. The summed E-state index contributed by atoms with van der Waals surface area (Å²) >= 11 is 0. The van der Waals surface area contributed by atoms with Crippen LogP contribution < -0.4 is 14.8 Å². The van der Waals surface area contributed by atoms with E-state index in [1.54, 1.807) is 26.3 Å². The maximum atomic E-state index is 12.3. The lowest BCUT2D eigenvalue weighted by molar-refractivity contribution is -0.153. The van der Waals surface area contributed by atoms with Crippen molar-refractivity contribution in [1.82, 2.24) is 10.2 Å². The highest BCUT2D eigenvalue weighted by Gasteiger charge is 2.29. The third-order valence-electron chi connectivity index (χ3n) is 4.27. The molecule has 1 saturated heterocycles. The van der Waals surface area contributed by atoms with E-state index in [4.69, 9.17) is 14.2 Å². The van der Waals surface area contributed by atoms with Crippen LogP contribution in [0.2, 0.25) is 0 Å². The van der Waals surface area contributed by atoms with Crippen LogP contribution in [0.1, 0.15) is 12.0 Å². The molecule has 27 heavy (non-hydrogen) atoms. The normalized spacial score (nSPS) is 17.9. The Kier molecular flexibility index (Phi) is 7.58. The van der Waals surface area contributed by atoms with Crippen LogP contribution in [0.5, 0.6) is 11.5 Å². The first-order chi connectivity index (χ1) is 12.9. The summed E-state index contributed by atoms with van der Waals surface area (Å²) in [5, 5.41) is 3.28. The van der Waals surface area contributed by atoms with Crippen molar-refractivity contribution in [3.63, 3.8) is 0 Å². The van der Waals surface area contributed by atoms with Gasteiger partial charge in [-0.15, -0.1) is 0 Å². The van der Waals surface area contributed by atoms with Crippen LogP contribution in [-0.4, -0.2) is 64.6 Å². The predicted molar refractivity (Wildman–Crippen MR) is 96.3 cm³/mol. The Morgan fingerprint density at radius 2 is 2.07 bits per heavy atom. The second-order valence-corrected chi connectivity index (χ2v) is 6.35. The highest BCUT2D eigenvalue weighted by Crippen LogP contribution is 2.29. The van der Waals surface area contributed by atoms with Crippen molar-refractivity contribution in [2.75, 3.05) is 47.6 Å². The minimum Gasteiger partial charge on any atom is -0.493 e. The molecule has 2 rings (SSSR count). The fraction of sp³-hybridized carbons (Fsp3) is 0.611. The van der Waals surface area contributed by atoms with Crippen LogP contribution in [0, 0.1) is 5.92 Å². The van der Waals surface area contributed by atoms with Gasteiger partial charge in [0.25, 0.3) is 0 Å². The number of halogens is 3. The van der Waals surface area contributed by atoms with Crippen molar-refractivity contribution in [3.05, 3.63) is 23.8 Å². The molecule has 0 bridgehead atoms. The van der Waals surface area contributed by atoms with Crippen molar-refractivity contribution >= 4 is 5.96 Å². The smallest absolute Gasteiger partial charge is 0.422 e. The molecule has 1 aromatic carbocycles. The monoisotopic (exact) mass is 389 g/mol. The Balaban J connectivity index is 1.94. The lowest BCUT2D eigenvalue weighted by Crippen LogP contribution is -2.39. The number of nitrogens with zero attached hydrogens (tertiary/aromatic N) is 2. The minimum absolute atomic E-state index is 0.0601. The second kappa shape index (κ2) is 9.68. The Labute approximate surface area is 157 Å². The number of hydrogen-bond donors (Lipinski definition) is 1. The molecule has 0 amide bonds. The van der Waals surface area contributed by atoms with E-state index >= 15 is 0 Å². The molecule has 0 spiro atoms. The van der Waals surface area contributed by atoms with Crippen molar-refractivity contribution in [2.24, 2.45) is 10.9 Å². The standard InChI is InChI=1S/C18H26F3N3O3/c1-22-17(24-7-6-14(10-24)11-25-2)23-9-13-4-5-15(16(8-13)26-3)27-12-18(19,20)21/h4-5,8,14H,6-7,9-12H2,1-3H3,(H,22,23). The van der Waals surface area contributed by atoms with Crippen LogP contribution in [0.25, 0.3) is 0 Å². The van der Waals surface area contributed by atoms with E-state index in [1.165, 1.54) is 13.2 Å². The molecule has 152 valence electrons. The van der Waals surface area contributed by atoms with Crippen molar-refractivity contribution in [2.45, 2.75) is 19.1 Å². The van der Waals surface area contributed by atoms with Crippen LogP contribution >= 0.6 is 0 Å². The number of methoxy groups -OCH3 is 2. The van der Waals surface area contributed by atoms with Gasteiger partial charge in [-0.1, -0.05) is 6.07 Å². The number of guanidine groups is 1. The maximum Gasteiger partial charge on any atom is 0.422 e. The third kappa shape index (κ3) is 6.50. The molecule has 1 N–H and O–H groups in total. The largest absolute Gasteiger partial charge is 0.493 e. The maximum absolute atomic E-state index is 12.3. The van der Waals surface area contributed by atoms with Crippen molar-refractivity contribution in [1.29, 1.82) is 0 Å². The molecule has 1 fully saturated rings. The fourth-order valence-electron chi connectivity index (χ4n) is 3.01. The van der Waals surface area contributed by atoms with Gasteiger partial charge in [0, 0.05) is 39.7 Å². The molecular weight excluding hydrogens is 363 g/mol. The van der Waals surface area contributed by atoms with Gasteiger partial charge in [0.1, 0.15) is 0 Å². The van der Waals surface area contributed by atoms with Gasteiger partial charge in [-0.2, -0.15) is 13.2 Å². The molecule has 1 heterocycles. The van der Waals surface area contributed by atoms with Crippen LogP contribution in [0.4, 0.5) is 13.2 Å². The molecule has 1 aliphatic heterocycles. The number of nitrogens with one attached hydrogen (secondary N) is 1. The van der Waals surface area contributed by atoms with E-state index in [2.05, 4.69) is 15.2 Å². The first-order valence-corrected chi connectivity index (χ1v) is 8.67. The van der Waals surface area contributed by atoms with Crippen molar-refractivity contribution < 1.29 is 27.4 Å². The topological polar surface area (TPSA) is 55.3 Å². The number of rotatable bonds is 7. The summed E-state index contributed by atoms with van der Waals surface area (Å²) in [5.41, 5.74) is 0.847. The van der Waals surface area contributed by atoms with Crippen molar-refractivity contribution in [3.8, 4) is 11.5 Å². The number of alkyl halides is 3. The van der Waals surface area contributed by atoms with Gasteiger partial charge in [0.15, 0.2) is 24.1 Å². The number of aliphatic imine (C=N–C) groups is 1. The summed E-state index contributed by atoms with van der Waals surface area (Å²) in [6.07, 6.45) is -3.35. The summed E-state index contributed by atoms with van der Waals surface area (Å²) in [6, 6.07) is 4.84. The average Bonchev–Trinajstić information content (AvgIpc) is 3.09. The van der Waals surface area contributed by atoms with Crippen LogP contribution in [0.3, 0.4) is 0 Å². The van der Waals surface area contributed by atoms with Gasteiger partial charge in [-0.05, 0) is 24.1 Å². The summed E-state index contributed by atoms with van der Waals surface area (Å²) in [7, 11) is 4.82. The first kappa shape index (κ1) is 21.1. The lowest BCUT2D eigenvalue weighted by atomic mass is 10.1. The summed E-state index contributed by atoms with van der Waals surface area (Å²) < 4.78 is 52.1. The van der Waals surface area contributed by atoms with Crippen LogP contribution in [-0.2, 0) is 11.3 Å². The lowest BCUT2D eigenvalue weighted by Gasteiger charge is -2.22. The molecule has 6 nitrogen and oxygen atoms in total. The molecule has 0 radical (unpaired) electrons. The number of hydrogen-bond acceptors (Lipinski definition) is 4.